The second-order valence-corrected chi connectivity index (χ2v) is 4.53. The van der Waals surface area contributed by atoms with E-state index in [-0.39, 0.29) is 18.4 Å². The summed E-state index contributed by atoms with van der Waals surface area (Å²) in [5.41, 5.74) is 0. The molecule has 1 unspecified atom stereocenters. The molecule has 2 saturated heterocycles. The number of hydrogen-bond acceptors (Lipinski definition) is 5. The second kappa shape index (κ2) is 5.80. The summed E-state index contributed by atoms with van der Waals surface area (Å²) in [6, 6.07) is 0.279. The average molecular weight is 260 g/mol. The maximum Gasteiger partial charge on any atom is 0.243 e. The van der Waals surface area contributed by atoms with E-state index < -0.39 is 0 Å². The van der Waals surface area contributed by atoms with Gasteiger partial charge in [0.25, 0.3) is 0 Å². The monoisotopic (exact) mass is 259 g/mol. The number of hydrogen-bond donors (Lipinski definition) is 1. The average Bonchev–Trinajstić information content (AvgIpc) is 3.01. The molecule has 0 saturated carbocycles. The Morgan fingerprint density at radius 2 is 2.00 bits per heavy atom. The van der Waals surface area contributed by atoms with Crippen LogP contribution in [0.25, 0.3) is 0 Å². The first-order valence-corrected chi connectivity index (χ1v) is 6.08. The molecule has 3 heterocycles. The minimum Gasteiger partial charge on any atom is -0.381 e. The molecule has 6 heteroatoms. The van der Waals surface area contributed by atoms with E-state index in [9.17, 15) is 0 Å². The van der Waals surface area contributed by atoms with Gasteiger partial charge in [-0.1, -0.05) is 5.16 Å². The van der Waals surface area contributed by atoms with E-state index in [2.05, 4.69) is 15.5 Å². The van der Waals surface area contributed by atoms with Gasteiger partial charge in [0.2, 0.25) is 5.89 Å². The summed E-state index contributed by atoms with van der Waals surface area (Å²) in [5, 5.41) is 7.47. The molecule has 1 aromatic heterocycles. The van der Waals surface area contributed by atoms with Gasteiger partial charge in [-0.2, -0.15) is 4.98 Å². The largest absolute Gasteiger partial charge is 0.381 e. The van der Waals surface area contributed by atoms with Crippen molar-refractivity contribution in [3.05, 3.63) is 11.7 Å². The zero-order valence-electron chi connectivity index (χ0n) is 9.72. The molecule has 5 nitrogen and oxygen atoms in total. The van der Waals surface area contributed by atoms with Crippen molar-refractivity contribution in [2.24, 2.45) is 0 Å². The molecule has 96 valence electrons. The van der Waals surface area contributed by atoms with Crippen molar-refractivity contribution in [3.8, 4) is 0 Å². The molecule has 0 aromatic carbocycles. The van der Waals surface area contributed by atoms with Crippen LogP contribution in [0, 0.1) is 0 Å². The quantitative estimate of drug-likeness (QED) is 0.878. The minimum atomic E-state index is 0. The number of rotatable bonds is 2. The summed E-state index contributed by atoms with van der Waals surface area (Å²) in [4.78, 5) is 4.52. The number of nitrogens with one attached hydrogen (secondary N) is 1. The topological polar surface area (TPSA) is 60.2 Å². The molecule has 1 N–H and O–H groups in total. The van der Waals surface area contributed by atoms with Crippen LogP contribution in [0.1, 0.15) is 49.4 Å². The molecule has 1 aromatic rings. The standard InChI is InChI=1S/C11H17N3O2.ClH/c1-2-9(12-5-1)11-13-10(14-16-11)8-3-6-15-7-4-8;/h8-9,12H,1-7H2;1H. The highest BCUT2D eigenvalue weighted by molar-refractivity contribution is 5.85. The van der Waals surface area contributed by atoms with Crippen molar-refractivity contribution in [2.75, 3.05) is 19.8 Å². The van der Waals surface area contributed by atoms with Crippen molar-refractivity contribution < 1.29 is 9.26 Å². The summed E-state index contributed by atoms with van der Waals surface area (Å²) in [6.45, 7) is 2.69. The van der Waals surface area contributed by atoms with Crippen LogP contribution in [0.15, 0.2) is 4.52 Å². The van der Waals surface area contributed by atoms with Crippen LogP contribution in [0.5, 0.6) is 0 Å². The molecule has 1 atom stereocenters. The third-order valence-corrected chi connectivity index (χ3v) is 3.40. The van der Waals surface area contributed by atoms with Crippen LogP contribution in [0.3, 0.4) is 0 Å². The highest BCUT2D eigenvalue weighted by atomic mass is 35.5. The molecule has 0 radical (unpaired) electrons. The second-order valence-electron chi connectivity index (χ2n) is 4.53. The van der Waals surface area contributed by atoms with Crippen LogP contribution in [0.4, 0.5) is 0 Å². The van der Waals surface area contributed by atoms with Crippen LogP contribution < -0.4 is 5.32 Å². The third-order valence-electron chi connectivity index (χ3n) is 3.40. The molecule has 0 amide bonds. The summed E-state index contributed by atoms with van der Waals surface area (Å²) < 4.78 is 10.7. The Hall–Kier alpha value is -0.650. The van der Waals surface area contributed by atoms with Crippen molar-refractivity contribution >= 4 is 12.4 Å². The van der Waals surface area contributed by atoms with E-state index in [0.29, 0.717) is 5.92 Å². The summed E-state index contributed by atoms with van der Waals surface area (Å²) in [7, 11) is 0. The van der Waals surface area contributed by atoms with E-state index in [1.165, 1.54) is 6.42 Å². The zero-order valence-corrected chi connectivity index (χ0v) is 10.5. The van der Waals surface area contributed by atoms with Crippen LogP contribution in [0.2, 0.25) is 0 Å². The number of nitrogens with zero attached hydrogens (tertiary/aromatic N) is 2. The van der Waals surface area contributed by atoms with Gasteiger partial charge in [0.15, 0.2) is 5.82 Å². The Labute approximate surface area is 107 Å². The van der Waals surface area contributed by atoms with Gasteiger partial charge in [0, 0.05) is 19.1 Å². The Morgan fingerprint density at radius 3 is 2.71 bits per heavy atom. The Kier molecular flexibility index (Phi) is 4.36. The Bertz CT molecular complexity index is 346. The van der Waals surface area contributed by atoms with Gasteiger partial charge in [0.05, 0.1) is 6.04 Å². The van der Waals surface area contributed by atoms with Gasteiger partial charge in [0.1, 0.15) is 0 Å². The maximum atomic E-state index is 5.34. The number of aromatic nitrogens is 2. The fourth-order valence-corrected chi connectivity index (χ4v) is 2.41. The minimum absolute atomic E-state index is 0. The molecule has 2 aliphatic rings. The fourth-order valence-electron chi connectivity index (χ4n) is 2.41. The number of halogens is 1. The van der Waals surface area contributed by atoms with Crippen molar-refractivity contribution in [2.45, 2.75) is 37.6 Å². The molecular weight excluding hydrogens is 242 g/mol. The molecule has 0 spiro atoms. The predicted octanol–water partition coefficient (Wildman–Crippen LogP) is 1.81. The maximum absolute atomic E-state index is 5.34. The van der Waals surface area contributed by atoms with Crippen molar-refractivity contribution in [3.63, 3.8) is 0 Å². The molecule has 17 heavy (non-hydrogen) atoms. The number of ether oxygens (including phenoxy) is 1. The molecule has 2 fully saturated rings. The van der Waals surface area contributed by atoms with Gasteiger partial charge < -0.3 is 14.6 Å². The van der Waals surface area contributed by atoms with E-state index in [1.54, 1.807) is 0 Å². The highest BCUT2D eigenvalue weighted by Gasteiger charge is 2.26. The lowest BCUT2D eigenvalue weighted by atomic mass is 10.00. The van der Waals surface area contributed by atoms with Gasteiger partial charge in [-0.25, -0.2) is 0 Å². The smallest absolute Gasteiger partial charge is 0.243 e. The third kappa shape index (κ3) is 2.78. The normalized spacial score (nSPS) is 25.8. The first-order valence-electron chi connectivity index (χ1n) is 6.08. The van der Waals surface area contributed by atoms with Crippen molar-refractivity contribution in [1.82, 2.24) is 15.5 Å². The van der Waals surface area contributed by atoms with Crippen LogP contribution in [-0.4, -0.2) is 29.9 Å². The first kappa shape index (κ1) is 12.8. The van der Waals surface area contributed by atoms with Crippen molar-refractivity contribution in [1.29, 1.82) is 0 Å². The van der Waals surface area contributed by atoms with E-state index >= 15 is 0 Å². The molecule has 3 rings (SSSR count). The zero-order chi connectivity index (χ0) is 10.8. The fraction of sp³-hybridized carbons (Fsp3) is 0.818. The molecular formula is C11H18ClN3O2. The Morgan fingerprint density at radius 1 is 1.18 bits per heavy atom. The van der Waals surface area contributed by atoms with Crippen LogP contribution in [-0.2, 0) is 4.74 Å². The van der Waals surface area contributed by atoms with E-state index in [4.69, 9.17) is 9.26 Å². The lowest BCUT2D eigenvalue weighted by Gasteiger charge is -2.18. The van der Waals surface area contributed by atoms with Gasteiger partial charge in [-0.3, -0.25) is 0 Å². The molecule has 0 bridgehead atoms. The lowest BCUT2D eigenvalue weighted by molar-refractivity contribution is 0.0830. The first-order chi connectivity index (χ1) is 7.93. The summed E-state index contributed by atoms with van der Waals surface area (Å²) >= 11 is 0. The van der Waals surface area contributed by atoms with Crippen LogP contribution >= 0.6 is 12.4 Å². The highest BCUT2D eigenvalue weighted by Crippen LogP contribution is 2.27. The summed E-state index contributed by atoms with van der Waals surface area (Å²) in [5.74, 6) is 2.05. The molecule has 0 aliphatic carbocycles. The SMILES string of the molecule is C1CNC(c2nc(C3CCOCC3)no2)C1.Cl. The van der Waals surface area contributed by atoms with Gasteiger partial charge >= 0.3 is 0 Å². The Balaban J connectivity index is 0.00000108. The predicted molar refractivity (Wildman–Crippen MR) is 64.3 cm³/mol. The van der Waals surface area contributed by atoms with E-state index in [1.807, 2.05) is 0 Å². The lowest BCUT2D eigenvalue weighted by Crippen LogP contribution is -2.16. The van der Waals surface area contributed by atoms with Gasteiger partial charge in [-0.05, 0) is 32.2 Å². The van der Waals surface area contributed by atoms with E-state index in [0.717, 1.165) is 50.7 Å². The molecule has 2 aliphatic heterocycles. The van der Waals surface area contributed by atoms with Gasteiger partial charge in [-0.15, -0.1) is 12.4 Å². The summed E-state index contributed by atoms with van der Waals surface area (Å²) in [6.07, 6.45) is 4.32.